The van der Waals surface area contributed by atoms with E-state index in [1.165, 1.54) is 354 Å². The Morgan fingerprint density at radius 2 is 0.280 bits per heavy atom. The van der Waals surface area contributed by atoms with Gasteiger partial charge in [-0.25, -0.2) is 0 Å². The van der Waals surface area contributed by atoms with Crippen LogP contribution in [0.2, 0.25) is 0 Å². The molecule has 12 aliphatic rings. The Morgan fingerprint density at radius 1 is 0.133 bits per heavy atom. The van der Waals surface area contributed by atoms with Gasteiger partial charge >= 0.3 is 0 Å². The molecule has 12 unspecified atom stereocenters. The lowest BCUT2D eigenvalue weighted by Gasteiger charge is -2.52. The van der Waals surface area contributed by atoms with Crippen LogP contribution in [0, 0.1) is 0 Å². The molecule has 0 radical (unpaired) electrons. The van der Waals surface area contributed by atoms with E-state index in [9.17, 15) is 0 Å². The topological polar surface area (TPSA) is 19.4 Å². The third-order valence-corrected chi connectivity index (χ3v) is 43.6. The van der Waals surface area contributed by atoms with Gasteiger partial charge in [0.15, 0.2) is 0 Å². The second-order valence-corrected chi connectivity index (χ2v) is 50.1. The molecule has 6 nitrogen and oxygen atoms in total. The molecule has 6 aliphatic carbocycles. The minimum Gasteiger partial charge on any atom is -0.333 e. The number of fused-ring (bicyclic) bond motifs is 24. The molecule has 6 heteroatoms. The molecule has 0 spiro atoms. The number of para-hydroxylation sites is 6. The molecule has 6 heterocycles. The number of anilines is 12. The molecule has 6 fully saturated rings. The van der Waals surface area contributed by atoms with Gasteiger partial charge in [-0.3, -0.25) is 0 Å². The largest absolute Gasteiger partial charge is 0.333 e. The monoisotopic (exact) mass is 1960 g/mol. The number of nitrogens with zero attached hydrogens (tertiary/aromatic N) is 6. The van der Waals surface area contributed by atoms with Crippen molar-refractivity contribution in [2.75, 3.05) is 29.4 Å². The van der Waals surface area contributed by atoms with Gasteiger partial charge in [0.1, 0.15) is 0 Å². The number of benzene rings is 18. The van der Waals surface area contributed by atoms with Crippen molar-refractivity contribution in [3.63, 3.8) is 0 Å². The van der Waals surface area contributed by atoms with Gasteiger partial charge in [-0.15, -0.1) is 0 Å². The van der Waals surface area contributed by atoms with Crippen LogP contribution in [0.5, 0.6) is 0 Å². The lowest BCUT2D eigenvalue weighted by Crippen LogP contribution is -2.55. The fourth-order valence-electron chi connectivity index (χ4n) is 34.5. The van der Waals surface area contributed by atoms with Crippen LogP contribution in [0.25, 0.3) is 98.0 Å². The van der Waals surface area contributed by atoms with E-state index in [1.807, 2.05) is 0 Å². The Bertz CT molecular complexity index is 8150. The molecule has 0 aromatic heterocycles. The van der Waals surface area contributed by atoms with Crippen molar-refractivity contribution in [3.8, 4) is 33.4 Å². The maximum Gasteiger partial charge on any atom is 0.0577 e. The van der Waals surface area contributed by atoms with E-state index in [1.54, 1.807) is 0 Å². The summed E-state index contributed by atoms with van der Waals surface area (Å²) in [6, 6.07) is 140. The van der Waals surface area contributed by atoms with Crippen molar-refractivity contribution in [2.24, 2.45) is 0 Å². The second kappa shape index (κ2) is 33.9. The predicted octanol–water partition coefficient (Wildman–Crippen LogP) is 39.4. The highest BCUT2D eigenvalue weighted by Gasteiger charge is 2.66. The molecule has 150 heavy (non-hydrogen) atoms. The third kappa shape index (κ3) is 12.5. The first-order valence-corrected chi connectivity index (χ1v) is 57.4. The molecular formula is C144H144N6. The molecule has 0 N–H and O–H groups in total. The van der Waals surface area contributed by atoms with Crippen molar-refractivity contribution < 1.29 is 0 Å². The molecule has 0 saturated heterocycles. The number of rotatable bonds is 9. The zero-order valence-electron chi connectivity index (χ0n) is 90.3. The van der Waals surface area contributed by atoms with Crippen LogP contribution in [0.3, 0.4) is 0 Å². The SMILES string of the molecule is CC12CCCCC1(C)N(c1c3ccc(-c4ccccc4)cc3c(N3c4ccccc4C4(C)CCCCC34C)c3ccc(-c4ccccc4)cc13)c1ccccc12.CC12CCCCC1(C)N(c1c3ccccc3c(N3c4ccccc4C4(C)CCCCC34C)c3cc(-c4ccccc4)ccc13)c1ccccc12.CC12CCCCC1(C)N(c1c3ccccc3c(N3c4ccccc4C4(C)CCCCC34C)c3ccccc13)c1ccccc12. The van der Waals surface area contributed by atoms with Gasteiger partial charge < -0.3 is 29.4 Å². The maximum atomic E-state index is 2.84. The average Bonchev–Trinajstić information content (AvgIpc) is 1.51. The van der Waals surface area contributed by atoms with Crippen LogP contribution >= 0.6 is 0 Å². The van der Waals surface area contributed by atoms with Crippen LogP contribution in [0.1, 0.15) is 271 Å². The van der Waals surface area contributed by atoms with E-state index in [2.05, 4.69) is 476 Å². The summed E-state index contributed by atoms with van der Waals surface area (Å²) in [5, 5.41) is 16.3. The molecule has 750 valence electrons. The molecule has 0 amide bonds. The standard InChI is InChI=1S/C54H52N2.C48H48N2.C42H44N2/c1-51-31-15-17-33-53(51,3)55(47-25-13-11-23-45(47)51)49-41-29-27-40(38-21-9-6-10-22-38)36-44(41)50(42-30-28-39(35-43(42)49)37-19-7-5-8-20-37)56-48-26-14-12-24-46(48)52(2)32-16-18-34-54(52,56)4;1-45-28-14-16-30-47(45,3)49(41-24-12-10-22-39(41)45)43-35-20-8-9-21-36(35)44(38-32-34(26-27-37(38)43)33-18-6-5-7-19-33)50-42-25-13-11-23-40(42)46(2)29-15-17-31-48(46,50)4;1-39-25-13-15-27-41(39,3)43(35-23-11-9-21-33(35)39)37-29-17-5-7-19-31(29)38(32-20-8-6-18-30(32)37)44-36-24-12-10-22-34(36)40(2)26-14-16-28-42(40,44)4/h5-14,19-30,35-36H,15-18,31-34H2,1-4H3;5-13,18-27,32H,14-17,28-31H2,1-4H3;5-12,17-24H,13-16,25-28H2,1-4H3. The summed E-state index contributed by atoms with van der Waals surface area (Å²) in [6.45, 7) is 30.8. The molecular weight excluding hydrogens is 1810 g/mol. The van der Waals surface area contributed by atoms with E-state index in [0.717, 1.165) is 0 Å². The summed E-state index contributed by atoms with van der Waals surface area (Å²) in [5.74, 6) is 0. The molecule has 6 aliphatic heterocycles. The van der Waals surface area contributed by atoms with Crippen molar-refractivity contribution >= 4 is 133 Å². The number of hydrogen-bond acceptors (Lipinski definition) is 6. The quantitative estimate of drug-likeness (QED) is 0.133. The van der Waals surface area contributed by atoms with E-state index in [0.29, 0.717) is 0 Å². The van der Waals surface area contributed by atoms with E-state index < -0.39 is 0 Å². The molecule has 18 aromatic carbocycles. The molecule has 0 bridgehead atoms. The highest BCUT2D eigenvalue weighted by molar-refractivity contribution is 6.27. The van der Waals surface area contributed by atoms with Crippen LogP contribution < -0.4 is 29.4 Å². The summed E-state index contributed by atoms with van der Waals surface area (Å²) in [4.78, 5) is 17.0. The van der Waals surface area contributed by atoms with Gasteiger partial charge in [0, 0.05) is 131 Å². The van der Waals surface area contributed by atoms with Crippen LogP contribution in [0.15, 0.2) is 364 Å². The first kappa shape index (κ1) is 93.6. The van der Waals surface area contributed by atoms with Crippen LogP contribution in [-0.4, -0.2) is 33.2 Å². The smallest absolute Gasteiger partial charge is 0.0577 e. The minimum absolute atomic E-state index is 0.0101. The number of hydrogen-bond donors (Lipinski definition) is 0. The Hall–Kier alpha value is -13.7. The minimum atomic E-state index is -0.0780. The fourth-order valence-corrected chi connectivity index (χ4v) is 34.5. The van der Waals surface area contributed by atoms with Gasteiger partial charge in [-0.2, -0.15) is 0 Å². The molecule has 6 saturated carbocycles. The molecule has 12 atom stereocenters. The highest BCUT2D eigenvalue weighted by Crippen LogP contribution is 2.73. The highest BCUT2D eigenvalue weighted by atomic mass is 15.3. The van der Waals surface area contributed by atoms with Gasteiger partial charge in [0.05, 0.1) is 67.4 Å². The van der Waals surface area contributed by atoms with E-state index in [-0.39, 0.29) is 65.7 Å². The third-order valence-electron chi connectivity index (χ3n) is 43.6. The van der Waals surface area contributed by atoms with Gasteiger partial charge in [-0.1, -0.05) is 428 Å². The van der Waals surface area contributed by atoms with E-state index in [4.69, 9.17) is 0 Å². The maximum absolute atomic E-state index is 2.84. The second-order valence-electron chi connectivity index (χ2n) is 50.1. The first-order chi connectivity index (χ1) is 72.9. The first-order valence-electron chi connectivity index (χ1n) is 57.4. The van der Waals surface area contributed by atoms with Gasteiger partial charge in [0.25, 0.3) is 0 Å². The molecule has 18 aromatic rings. The summed E-state index contributed by atoms with van der Waals surface area (Å²) >= 11 is 0. The predicted molar refractivity (Wildman–Crippen MR) is 638 cm³/mol. The Kier molecular flexibility index (Phi) is 21.2. The van der Waals surface area contributed by atoms with Crippen molar-refractivity contribution in [1.29, 1.82) is 0 Å². The van der Waals surface area contributed by atoms with Crippen LogP contribution in [0.4, 0.5) is 68.2 Å². The van der Waals surface area contributed by atoms with Crippen molar-refractivity contribution in [3.05, 3.63) is 397 Å². The fraction of sp³-hybridized carbons (Fsp3) is 0.333. The lowest BCUT2D eigenvalue weighted by atomic mass is 9.61. The van der Waals surface area contributed by atoms with Gasteiger partial charge in [0.2, 0.25) is 0 Å². The van der Waals surface area contributed by atoms with Crippen molar-refractivity contribution in [2.45, 2.75) is 303 Å². The zero-order valence-corrected chi connectivity index (χ0v) is 90.3. The van der Waals surface area contributed by atoms with Gasteiger partial charge in [-0.05, 0) is 240 Å². The molecule has 30 rings (SSSR count). The summed E-state index contributed by atoms with van der Waals surface area (Å²) in [7, 11) is 0. The Morgan fingerprint density at radius 3 is 0.467 bits per heavy atom. The lowest BCUT2D eigenvalue weighted by molar-refractivity contribution is 0.195. The zero-order chi connectivity index (χ0) is 102. The van der Waals surface area contributed by atoms with Crippen molar-refractivity contribution in [1.82, 2.24) is 0 Å². The Labute approximate surface area is 889 Å². The summed E-state index contributed by atoms with van der Waals surface area (Å²) in [5.41, 5.74) is 33.6. The van der Waals surface area contributed by atoms with Crippen LogP contribution in [-0.2, 0) is 32.5 Å². The van der Waals surface area contributed by atoms with E-state index >= 15 is 0 Å². The summed E-state index contributed by atoms with van der Waals surface area (Å²) in [6.07, 6.45) is 29.8. The average molecular weight is 1960 g/mol. The summed E-state index contributed by atoms with van der Waals surface area (Å²) < 4.78 is 0. The normalized spacial score (nSPS) is 28.4. The Balaban J connectivity index is 0.000000109.